The van der Waals surface area contributed by atoms with Crippen LogP contribution in [0.15, 0.2) is 12.2 Å². The lowest BCUT2D eigenvalue weighted by atomic mass is 10.2. The van der Waals surface area contributed by atoms with Crippen LogP contribution >= 0.6 is 0 Å². The molecule has 0 aromatic rings. The Morgan fingerprint density at radius 3 is 2.50 bits per heavy atom. The summed E-state index contributed by atoms with van der Waals surface area (Å²) < 4.78 is 0. The Labute approximate surface area is 71.8 Å². The van der Waals surface area contributed by atoms with Crippen LogP contribution in [0.2, 0.25) is 0 Å². The van der Waals surface area contributed by atoms with Gasteiger partial charge >= 0.3 is 0 Å². The maximum Gasteiger partial charge on any atom is 0.253 e. The minimum atomic E-state index is -0.347. The topological polar surface area (TPSA) is 46.6 Å². The maximum atomic E-state index is 11.0. The fourth-order valence-corrected chi connectivity index (χ4v) is 0.607. The highest BCUT2D eigenvalue weighted by Crippen LogP contribution is 1.93. The highest BCUT2D eigenvalue weighted by atomic mass is 16.7. The van der Waals surface area contributed by atoms with E-state index in [-0.39, 0.29) is 18.1 Å². The molecule has 0 radical (unpaired) electrons. The minimum absolute atomic E-state index is 0.144. The molecule has 4 heteroatoms. The zero-order valence-corrected chi connectivity index (χ0v) is 7.53. The van der Waals surface area contributed by atoms with E-state index in [9.17, 15) is 9.59 Å². The zero-order valence-electron chi connectivity index (χ0n) is 7.53. The quantitative estimate of drug-likeness (QED) is 0.352. The monoisotopic (exact) mass is 171 g/mol. The third-order valence-corrected chi connectivity index (χ3v) is 1.30. The Bertz CT molecular complexity index is 198. The summed E-state index contributed by atoms with van der Waals surface area (Å²) in [5.41, 5.74) is 0. The van der Waals surface area contributed by atoms with Gasteiger partial charge in [0.25, 0.3) is 5.91 Å². The SMILES string of the molecule is C/C=C/C(=O)CC(=O)N(C)OC. The Kier molecular flexibility index (Phi) is 4.96. The van der Waals surface area contributed by atoms with E-state index in [0.29, 0.717) is 0 Å². The Morgan fingerprint density at radius 2 is 2.08 bits per heavy atom. The number of carbonyl (C=O) groups is 2. The average Bonchev–Trinajstić information content (AvgIpc) is 2.03. The van der Waals surface area contributed by atoms with Crippen LogP contribution < -0.4 is 0 Å². The van der Waals surface area contributed by atoms with Crippen molar-refractivity contribution in [1.82, 2.24) is 5.06 Å². The normalized spacial score (nSPS) is 10.2. The fourth-order valence-electron chi connectivity index (χ4n) is 0.607. The van der Waals surface area contributed by atoms with Gasteiger partial charge < -0.3 is 0 Å². The molecular formula is C8H13NO3. The molecule has 4 nitrogen and oxygen atoms in total. The molecule has 0 aliphatic carbocycles. The highest BCUT2D eigenvalue weighted by Gasteiger charge is 2.10. The summed E-state index contributed by atoms with van der Waals surface area (Å²) in [7, 11) is 2.84. The number of rotatable bonds is 4. The number of carbonyl (C=O) groups excluding carboxylic acids is 2. The molecule has 0 fully saturated rings. The maximum absolute atomic E-state index is 11.0. The summed E-state index contributed by atoms with van der Waals surface area (Å²) >= 11 is 0. The number of ketones is 1. The third kappa shape index (κ3) is 3.88. The molecule has 0 aromatic heterocycles. The smallest absolute Gasteiger partial charge is 0.253 e. The van der Waals surface area contributed by atoms with Gasteiger partial charge in [-0.2, -0.15) is 0 Å². The Hall–Kier alpha value is -1.16. The average molecular weight is 171 g/mol. The van der Waals surface area contributed by atoms with Gasteiger partial charge in [-0.25, -0.2) is 5.06 Å². The van der Waals surface area contributed by atoms with Gasteiger partial charge in [0, 0.05) is 7.05 Å². The van der Waals surface area contributed by atoms with Gasteiger partial charge in [-0.3, -0.25) is 14.4 Å². The van der Waals surface area contributed by atoms with E-state index >= 15 is 0 Å². The number of hydroxylamine groups is 2. The van der Waals surface area contributed by atoms with Gasteiger partial charge in [0.2, 0.25) is 0 Å². The number of hydrogen-bond acceptors (Lipinski definition) is 3. The van der Waals surface area contributed by atoms with Crippen molar-refractivity contribution in [2.75, 3.05) is 14.2 Å². The molecule has 0 aliphatic heterocycles. The van der Waals surface area contributed by atoms with Crippen LogP contribution in [-0.4, -0.2) is 30.9 Å². The second kappa shape index (κ2) is 5.49. The van der Waals surface area contributed by atoms with E-state index in [1.807, 2.05) is 0 Å². The predicted molar refractivity (Wildman–Crippen MR) is 44.2 cm³/mol. The molecule has 0 unspecified atom stereocenters. The second-order valence-corrected chi connectivity index (χ2v) is 2.22. The first-order valence-electron chi connectivity index (χ1n) is 3.58. The lowest BCUT2D eigenvalue weighted by molar-refractivity contribution is -0.169. The molecule has 68 valence electrons. The van der Waals surface area contributed by atoms with Crippen molar-refractivity contribution in [2.45, 2.75) is 13.3 Å². The number of amides is 1. The first kappa shape index (κ1) is 10.8. The Balaban J connectivity index is 3.92. The van der Waals surface area contributed by atoms with Crippen LogP contribution in [0.1, 0.15) is 13.3 Å². The molecule has 0 heterocycles. The molecule has 0 rings (SSSR count). The van der Waals surface area contributed by atoms with Gasteiger partial charge in [-0.1, -0.05) is 6.08 Å². The van der Waals surface area contributed by atoms with E-state index in [2.05, 4.69) is 4.84 Å². The standard InChI is InChI=1S/C8H13NO3/c1-4-5-7(10)6-8(11)9(2)12-3/h4-5H,6H2,1-3H3/b5-4+. The van der Waals surface area contributed by atoms with Gasteiger partial charge in [0.1, 0.15) is 0 Å². The van der Waals surface area contributed by atoms with E-state index < -0.39 is 0 Å². The summed E-state index contributed by atoms with van der Waals surface area (Å²) in [6, 6.07) is 0. The first-order chi connectivity index (χ1) is 5.61. The number of hydrogen-bond donors (Lipinski definition) is 0. The zero-order chi connectivity index (χ0) is 9.56. The Morgan fingerprint density at radius 1 is 1.50 bits per heavy atom. The molecule has 0 N–H and O–H groups in total. The van der Waals surface area contributed by atoms with Gasteiger partial charge in [-0.05, 0) is 13.0 Å². The van der Waals surface area contributed by atoms with Crippen LogP contribution in [0.4, 0.5) is 0 Å². The van der Waals surface area contributed by atoms with E-state index in [0.717, 1.165) is 5.06 Å². The summed E-state index contributed by atoms with van der Waals surface area (Å²) in [5.74, 6) is -0.563. The summed E-state index contributed by atoms with van der Waals surface area (Å²) in [5, 5.41) is 1.03. The molecule has 0 saturated heterocycles. The van der Waals surface area contributed by atoms with Gasteiger partial charge in [0.15, 0.2) is 5.78 Å². The fraction of sp³-hybridized carbons (Fsp3) is 0.500. The van der Waals surface area contributed by atoms with Crippen molar-refractivity contribution in [3.05, 3.63) is 12.2 Å². The molecule has 0 bridgehead atoms. The van der Waals surface area contributed by atoms with Gasteiger partial charge in [-0.15, -0.1) is 0 Å². The van der Waals surface area contributed by atoms with Crippen LogP contribution in [0.3, 0.4) is 0 Å². The van der Waals surface area contributed by atoms with Crippen molar-refractivity contribution in [3.8, 4) is 0 Å². The summed E-state index contributed by atoms with van der Waals surface area (Å²) in [4.78, 5) is 26.5. The van der Waals surface area contributed by atoms with Crippen LogP contribution in [-0.2, 0) is 14.4 Å². The van der Waals surface area contributed by atoms with Crippen molar-refractivity contribution < 1.29 is 14.4 Å². The van der Waals surface area contributed by atoms with E-state index in [1.165, 1.54) is 20.2 Å². The molecule has 0 atom stereocenters. The lowest BCUT2D eigenvalue weighted by Gasteiger charge is -2.11. The number of allylic oxidation sites excluding steroid dienone is 2. The highest BCUT2D eigenvalue weighted by molar-refractivity contribution is 6.03. The predicted octanol–water partition coefficient (Wildman–Crippen LogP) is 0.542. The van der Waals surface area contributed by atoms with Crippen LogP contribution in [0.5, 0.6) is 0 Å². The molecule has 12 heavy (non-hydrogen) atoms. The van der Waals surface area contributed by atoms with Crippen LogP contribution in [0, 0.1) is 0 Å². The number of nitrogens with zero attached hydrogens (tertiary/aromatic N) is 1. The van der Waals surface area contributed by atoms with E-state index in [1.54, 1.807) is 13.0 Å². The largest absolute Gasteiger partial charge is 0.294 e. The van der Waals surface area contributed by atoms with Crippen molar-refractivity contribution in [1.29, 1.82) is 0 Å². The van der Waals surface area contributed by atoms with Crippen molar-refractivity contribution in [2.24, 2.45) is 0 Å². The molecule has 0 aromatic carbocycles. The molecule has 0 spiro atoms. The summed E-state index contributed by atoms with van der Waals surface area (Å²) in [6.07, 6.45) is 2.82. The first-order valence-corrected chi connectivity index (χ1v) is 3.58. The van der Waals surface area contributed by atoms with Crippen molar-refractivity contribution in [3.63, 3.8) is 0 Å². The van der Waals surface area contributed by atoms with Gasteiger partial charge in [0.05, 0.1) is 13.5 Å². The third-order valence-electron chi connectivity index (χ3n) is 1.30. The lowest BCUT2D eigenvalue weighted by Crippen LogP contribution is -2.26. The molecule has 0 saturated carbocycles. The van der Waals surface area contributed by atoms with E-state index in [4.69, 9.17) is 0 Å². The van der Waals surface area contributed by atoms with Crippen LogP contribution in [0.25, 0.3) is 0 Å². The molecule has 1 amide bonds. The van der Waals surface area contributed by atoms with Crippen molar-refractivity contribution >= 4 is 11.7 Å². The second-order valence-electron chi connectivity index (χ2n) is 2.22. The minimum Gasteiger partial charge on any atom is -0.294 e. The summed E-state index contributed by atoms with van der Waals surface area (Å²) in [6.45, 7) is 1.72. The molecule has 0 aliphatic rings. The molecular weight excluding hydrogens is 158 g/mol.